The van der Waals surface area contributed by atoms with Gasteiger partial charge < -0.3 is 19.4 Å². The second-order valence-corrected chi connectivity index (χ2v) is 5.95. The van der Waals surface area contributed by atoms with Crippen LogP contribution in [0.15, 0.2) is 24.5 Å². The van der Waals surface area contributed by atoms with Crippen LogP contribution in [0.25, 0.3) is 11.4 Å². The molecular weight excluding hydrogens is 337 g/mol. The van der Waals surface area contributed by atoms with Crippen LogP contribution in [0.2, 0.25) is 0 Å². The van der Waals surface area contributed by atoms with E-state index in [2.05, 4.69) is 21.9 Å². The number of aromatic nitrogens is 3. The zero-order chi connectivity index (χ0) is 16.4. The molecule has 120 valence electrons. The van der Waals surface area contributed by atoms with E-state index in [0.29, 0.717) is 42.7 Å². The Balaban J connectivity index is 0.00000208. The van der Waals surface area contributed by atoms with Crippen molar-refractivity contribution >= 4 is 5.97 Å². The number of aromatic carboxylic acids is 1. The third kappa shape index (κ3) is 4.38. The predicted molar refractivity (Wildman–Crippen MR) is 78.8 cm³/mol. The Kier molecular flexibility index (Phi) is 6.46. The summed E-state index contributed by atoms with van der Waals surface area (Å²) in [5, 5.41) is 10.9. The van der Waals surface area contributed by atoms with E-state index in [-0.39, 0.29) is 62.5 Å². The maximum absolute atomic E-state index is 10.9. The summed E-state index contributed by atoms with van der Waals surface area (Å²) in [6, 6.07) is 3.53. The molecular formula is C16H16KN3O4. The maximum Gasteiger partial charge on any atom is 1.00 e. The largest absolute Gasteiger partial charge is 1.00 e. The minimum Gasteiger partial charge on any atom is -0.543 e. The molecule has 0 N–H and O–H groups in total. The molecule has 1 saturated heterocycles. The topological polar surface area (TPSA) is 97.3 Å². The molecule has 8 heteroatoms. The number of hydrogen-bond acceptors (Lipinski definition) is 7. The van der Waals surface area contributed by atoms with E-state index >= 15 is 0 Å². The monoisotopic (exact) mass is 353 g/mol. The molecule has 0 unspecified atom stereocenters. The van der Waals surface area contributed by atoms with E-state index in [1.165, 1.54) is 6.20 Å². The summed E-state index contributed by atoms with van der Waals surface area (Å²) in [5.74, 6) is -0.683. The van der Waals surface area contributed by atoms with E-state index < -0.39 is 5.97 Å². The van der Waals surface area contributed by atoms with Crippen molar-refractivity contribution in [1.29, 1.82) is 0 Å². The second-order valence-electron chi connectivity index (χ2n) is 5.95. The number of carbonyl (C=O) groups is 1. The summed E-state index contributed by atoms with van der Waals surface area (Å²) in [6.45, 7) is 5.89. The standard InChI is InChI=1S/C16H17N3O4.K/c1-10-14(23-9-16(2)7-22-8-16)4-3-11(18-10)12-5-17-6-13(19-12)15(20)21;/h3-6H,7-9H2,1-2H3,(H,20,21);/q;+1/p-1. The summed E-state index contributed by atoms with van der Waals surface area (Å²) in [5.41, 5.74) is 1.44. The number of pyridine rings is 1. The first-order valence-electron chi connectivity index (χ1n) is 7.19. The third-order valence-corrected chi connectivity index (χ3v) is 3.62. The van der Waals surface area contributed by atoms with Crippen LogP contribution in [-0.2, 0) is 4.74 Å². The average Bonchev–Trinajstić information content (AvgIpc) is 2.52. The van der Waals surface area contributed by atoms with E-state index in [1.807, 2.05) is 6.92 Å². The van der Waals surface area contributed by atoms with Gasteiger partial charge in [-0.05, 0) is 19.1 Å². The summed E-state index contributed by atoms with van der Waals surface area (Å²) in [7, 11) is 0. The summed E-state index contributed by atoms with van der Waals surface area (Å²) in [6.07, 6.45) is 2.60. The van der Waals surface area contributed by atoms with Gasteiger partial charge in [0, 0.05) is 5.41 Å². The van der Waals surface area contributed by atoms with Gasteiger partial charge in [0.2, 0.25) is 0 Å². The van der Waals surface area contributed by atoms with E-state index in [1.54, 1.807) is 12.1 Å². The van der Waals surface area contributed by atoms with Crippen molar-refractivity contribution in [3.63, 3.8) is 0 Å². The molecule has 7 nitrogen and oxygen atoms in total. The number of carboxylic acid groups (broad SMARTS) is 1. The van der Waals surface area contributed by atoms with Gasteiger partial charge in [-0.25, -0.2) is 9.97 Å². The quantitative estimate of drug-likeness (QED) is 0.554. The molecule has 2 aromatic heterocycles. The van der Waals surface area contributed by atoms with Crippen molar-refractivity contribution in [3.05, 3.63) is 35.9 Å². The van der Waals surface area contributed by atoms with Gasteiger partial charge in [0.1, 0.15) is 17.1 Å². The summed E-state index contributed by atoms with van der Waals surface area (Å²) >= 11 is 0. The molecule has 24 heavy (non-hydrogen) atoms. The maximum atomic E-state index is 10.9. The van der Waals surface area contributed by atoms with E-state index in [4.69, 9.17) is 9.47 Å². The van der Waals surface area contributed by atoms with Gasteiger partial charge in [-0.2, -0.15) is 0 Å². The molecule has 1 aliphatic rings. The van der Waals surface area contributed by atoms with Crippen molar-refractivity contribution in [2.24, 2.45) is 5.41 Å². The Hall–Kier alpha value is -0.904. The molecule has 2 aromatic rings. The van der Waals surface area contributed by atoms with Crippen LogP contribution in [0.3, 0.4) is 0 Å². The molecule has 1 fully saturated rings. The van der Waals surface area contributed by atoms with Gasteiger partial charge in [-0.1, -0.05) is 6.92 Å². The van der Waals surface area contributed by atoms with Crippen LogP contribution < -0.4 is 61.2 Å². The number of nitrogens with zero attached hydrogens (tertiary/aromatic N) is 3. The molecule has 0 aliphatic carbocycles. The molecule has 0 saturated carbocycles. The second kappa shape index (κ2) is 7.98. The van der Waals surface area contributed by atoms with Gasteiger partial charge in [0.05, 0.1) is 49.6 Å². The third-order valence-electron chi connectivity index (χ3n) is 3.62. The smallest absolute Gasteiger partial charge is 0.543 e. The fourth-order valence-electron chi connectivity index (χ4n) is 2.22. The molecule has 1 aliphatic heterocycles. The Morgan fingerprint density at radius 1 is 1.29 bits per heavy atom. The van der Waals surface area contributed by atoms with E-state index in [9.17, 15) is 9.90 Å². The van der Waals surface area contributed by atoms with Crippen molar-refractivity contribution in [2.75, 3.05) is 19.8 Å². The number of aryl methyl sites for hydroxylation is 1. The zero-order valence-corrected chi connectivity index (χ0v) is 17.0. The van der Waals surface area contributed by atoms with Gasteiger partial charge in [0.25, 0.3) is 0 Å². The van der Waals surface area contributed by atoms with Gasteiger partial charge in [-0.15, -0.1) is 0 Å². The SMILES string of the molecule is Cc1nc(-c2cncc(C(=O)[O-])n2)ccc1OCC1(C)COC1.[K+]. The Morgan fingerprint density at radius 2 is 2.04 bits per heavy atom. The molecule has 0 aromatic carbocycles. The Bertz CT molecular complexity index is 750. The van der Waals surface area contributed by atoms with Crippen LogP contribution >= 0.6 is 0 Å². The number of hydrogen-bond donors (Lipinski definition) is 0. The molecule has 0 spiro atoms. The van der Waals surface area contributed by atoms with Gasteiger partial charge in [-0.3, -0.25) is 4.98 Å². The number of rotatable bonds is 5. The van der Waals surface area contributed by atoms with Crippen molar-refractivity contribution in [3.8, 4) is 17.1 Å². The van der Waals surface area contributed by atoms with Crippen LogP contribution in [0.4, 0.5) is 0 Å². The van der Waals surface area contributed by atoms with Crippen LogP contribution in [-0.4, -0.2) is 40.7 Å². The molecule has 0 atom stereocenters. The number of carboxylic acids is 1. The van der Waals surface area contributed by atoms with Crippen LogP contribution in [0.1, 0.15) is 23.1 Å². The summed E-state index contributed by atoms with van der Waals surface area (Å²) in [4.78, 5) is 23.1. The normalized spacial score (nSPS) is 15.1. The first-order valence-corrected chi connectivity index (χ1v) is 7.19. The Labute approximate surface area is 182 Å². The van der Waals surface area contributed by atoms with Gasteiger partial charge in [0.15, 0.2) is 0 Å². The fourth-order valence-corrected chi connectivity index (χ4v) is 2.22. The number of carbonyl (C=O) groups excluding carboxylic acids is 1. The van der Waals surface area contributed by atoms with Crippen molar-refractivity contribution in [2.45, 2.75) is 13.8 Å². The first kappa shape index (κ1) is 19.4. The first-order chi connectivity index (χ1) is 11.0. The van der Waals surface area contributed by atoms with Crippen LogP contribution in [0, 0.1) is 12.3 Å². The molecule has 0 bridgehead atoms. The number of ether oxygens (including phenoxy) is 2. The zero-order valence-electron chi connectivity index (χ0n) is 13.9. The van der Waals surface area contributed by atoms with E-state index in [0.717, 1.165) is 6.20 Å². The minimum atomic E-state index is -1.37. The molecule has 3 heterocycles. The minimum absolute atomic E-state index is 0. The molecule has 0 amide bonds. The summed E-state index contributed by atoms with van der Waals surface area (Å²) < 4.78 is 11.0. The van der Waals surface area contributed by atoms with Crippen LogP contribution in [0.5, 0.6) is 5.75 Å². The fraction of sp³-hybridized carbons (Fsp3) is 0.375. The Morgan fingerprint density at radius 3 is 2.62 bits per heavy atom. The van der Waals surface area contributed by atoms with Crippen molar-refractivity contribution in [1.82, 2.24) is 15.0 Å². The molecule has 0 radical (unpaired) electrons. The molecule has 3 rings (SSSR count). The average molecular weight is 353 g/mol. The van der Waals surface area contributed by atoms with Gasteiger partial charge >= 0.3 is 51.4 Å². The van der Waals surface area contributed by atoms with Crippen molar-refractivity contribution < 1.29 is 70.8 Å². The predicted octanol–water partition coefficient (Wildman–Crippen LogP) is -2.37.